The number of benzene rings is 3. The minimum absolute atomic E-state index is 0.245. The Morgan fingerprint density at radius 3 is 2.07 bits per heavy atom. The van der Waals surface area contributed by atoms with Crippen molar-refractivity contribution in [3.63, 3.8) is 0 Å². The Bertz CT molecular complexity index is 950. The van der Waals surface area contributed by atoms with Crippen LogP contribution in [0.4, 0.5) is 5.69 Å². The molecule has 1 atom stereocenters. The molecule has 1 amide bonds. The Morgan fingerprint density at radius 2 is 1.48 bits per heavy atom. The van der Waals surface area contributed by atoms with E-state index < -0.39 is 12.1 Å². The van der Waals surface area contributed by atoms with E-state index in [2.05, 4.69) is 10.1 Å². The number of esters is 1. The summed E-state index contributed by atoms with van der Waals surface area (Å²) < 4.78 is 10.6. The quantitative estimate of drug-likeness (QED) is 0.582. The molecule has 0 heterocycles. The third-order valence-electron chi connectivity index (χ3n) is 4.48. The Kier molecular flexibility index (Phi) is 6.63. The number of ether oxygens (including phenoxy) is 2. The van der Waals surface area contributed by atoms with Crippen molar-refractivity contribution < 1.29 is 19.1 Å². The fourth-order valence-electron chi connectivity index (χ4n) is 2.87. The van der Waals surface area contributed by atoms with Gasteiger partial charge in [-0.25, -0.2) is 4.79 Å². The van der Waals surface area contributed by atoms with Crippen LogP contribution in [0.1, 0.15) is 23.7 Å². The largest absolute Gasteiger partial charge is 0.481 e. The molecule has 0 radical (unpaired) electrons. The molecule has 0 fully saturated rings. The van der Waals surface area contributed by atoms with Gasteiger partial charge in [-0.3, -0.25) is 4.79 Å². The van der Waals surface area contributed by atoms with Crippen molar-refractivity contribution >= 4 is 17.6 Å². The lowest BCUT2D eigenvalue weighted by atomic mass is 10.1. The second kappa shape index (κ2) is 9.55. The first-order chi connectivity index (χ1) is 14.1. The zero-order valence-electron chi connectivity index (χ0n) is 16.4. The van der Waals surface area contributed by atoms with E-state index >= 15 is 0 Å². The van der Waals surface area contributed by atoms with E-state index in [0.717, 1.165) is 11.1 Å². The Morgan fingerprint density at radius 1 is 0.862 bits per heavy atom. The maximum absolute atomic E-state index is 12.6. The molecule has 29 heavy (non-hydrogen) atoms. The molecule has 1 unspecified atom stereocenters. The smallest absolute Gasteiger partial charge is 0.337 e. The van der Waals surface area contributed by atoms with Crippen LogP contribution in [-0.4, -0.2) is 25.1 Å². The van der Waals surface area contributed by atoms with Gasteiger partial charge in [-0.2, -0.15) is 0 Å². The summed E-state index contributed by atoms with van der Waals surface area (Å²) in [7, 11) is 1.33. The molecule has 0 saturated heterocycles. The number of rotatable bonds is 7. The highest BCUT2D eigenvalue weighted by molar-refractivity contribution is 5.95. The first kappa shape index (κ1) is 20.1. The van der Waals surface area contributed by atoms with Crippen molar-refractivity contribution in [1.82, 2.24) is 0 Å². The summed E-state index contributed by atoms with van der Waals surface area (Å²) in [6, 6.07) is 24.3. The summed E-state index contributed by atoms with van der Waals surface area (Å²) in [6.07, 6.45) is -0.107. The van der Waals surface area contributed by atoms with E-state index in [4.69, 9.17) is 4.74 Å². The van der Waals surface area contributed by atoms with Crippen LogP contribution < -0.4 is 10.1 Å². The van der Waals surface area contributed by atoms with Crippen LogP contribution in [-0.2, 0) is 9.53 Å². The maximum atomic E-state index is 12.6. The molecule has 0 spiro atoms. The summed E-state index contributed by atoms with van der Waals surface area (Å²) in [6.45, 7) is 1.89. The summed E-state index contributed by atoms with van der Waals surface area (Å²) in [5, 5.41) is 2.82. The first-order valence-corrected chi connectivity index (χ1v) is 9.42. The molecule has 0 saturated carbocycles. The molecule has 0 aliphatic rings. The van der Waals surface area contributed by atoms with Gasteiger partial charge in [-0.1, -0.05) is 49.4 Å². The molecule has 5 heteroatoms. The SMILES string of the molecule is CCC(Oc1ccc(-c2ccccc2)cc1)C(=O)Nc1ccc(C(=O)OC)cc1. The maximum Gasteiger partial charge on any atom is 0.337 e. The minimum Gasteiger partial charge on any atom is -0.481 e. The van der Waals surface area contributed by atoms with Gasteiger partial charge in [0.25, 0.3) is 5.91 Å². The number of amides is 1. The molecular formula is C24H23NO4. The van der Waals surface area contributed by atoms with Gasteiger partial charge in [0.05, 0.1) is 12.7 Å². The van der Waals surface area contributed by atoms with Crippen LogP contribution >= 0.6 is 0 Å². The van der Waals surface area contributed by atoms with Crippen LogP contribution in [0, 0.1) is 0 Å². The third-order valence-corrected chi connectivity index (χ3v) is 4.48. The average molecular weight is 389 g/mol. The molecule has 3 rings (SSSR count). The lowest BCUT2D eigenvalue weighted by molar-refractivity contribution is -0.122. The van der Waals surface area contributed by atoms with Gasteiger partial charge in [-0.05, 0) is 53.9 Å². The molecule has 5 nitrogen and oxygen atoms in total. The predicted octanol–water partition coefficient (Wildman–Crippen LogP) is 4.94. The Hall–Kier alpha value is -3.60. The second-order valence-electron chi connectivity index (χ2n) is 6.46. The van der Waals surface area contributed by atoms with Gasteiger partial charge in [-0.15, -0.1) is 0 Å². The van der Waals surface area contributed by atoms with Crippen LogP contribution in [0.15, 0.2) is 78.9 Å². The van der Waals surface area contributed by atoms with Gasteiger partial charge < -0.3 is 14.8 Å². The number of methoxy groups -OCH3 is 1. The van der Waals surface area contributed by atoms with Crippen molar-refractivity contribution in [2.75, 3.05) is 12.4 Å². The summed E-state index contributed by atoms with van der Waals surface area (Å²) in [4.78, 5) is 24.1. The lowest BCUT2D eigenvalue weighted by Gasteiger charge is -2.17. The van der Waals surface area contributed by atoms with E-state index in [9.17, 15) is 9.59 Å². The number of anilines is 1. The van der Waals surface area contributed by atoms with Crippen LogP contribution in [0.3, 0.4) is 0 Å². The molecular weight excluding hydrogens is 366 g/mol. The molecule has 1 N–H and O–H groups in total. The third kappa shape index (κ3) is 5.23. The summed E-state index contributed by atoms with van der Waals surface area (Å²) in [5.41, 5.74) is 3.22. The topological polar surface area (TPSA) is 64.6 Å². The summed E-state index contributed by atoms with van der Waals surface area (Å²) >= 11 is 0. The van der Waals surface area contributed by atoms with E-state index in [0.29, 0.717) is 23.4 Å². The number of carbonyl (C=O) groups is 2. The van der Waals surface area contributed by atoms with Crippen molar-refractivity contribution in [3.8, 4) is 16.9 Å². The molecule has 148 valence electrons. The van der Waals surface area contributed by atoms with Crippen LogP contribution in [0.5, 0.6) is 5.75 Å². The molecule has 3 aromatic carbocycles. The second-order valence-corrected chi connectivity index (χ2v) is 6.46. The number of nitrogens with one attached hydrogen (secondary N) is 1. The standard InChI is InChI=1S/C24H23NO4/c1-3-22(23(26)25-20-13-9-19(10-14-20)24(27)28-2)29-21-15-11-18(12-16-21)17-7-5-4-6-8-17/h4-16,22H,3H2,1-2H3,(H,25,26). The average Bonchev–Trinajstić information content (AvgIpc) is 2.78. The van der Waals surface area contributed by atoms with Gasteiger partial charge in [0.1, 0.15) is 5.75 Å². The zero-order valence-corrected chi connectivity index (χ0v) is 16.4. The highest BCUT2D eigenvalue weighted by atomic mass is 16.5. The van der Waals surface area contributed by atoms with E-state index in [1.54, 1.807) is 24.3 Å². The molecule has 0 aliphatic heterocycles. The van der Waals surface area contributed by atoms with Gasteiger partial charge in [0, 0.05) is 5.69 Å². The van der Waals surface area contributed by atoms with Crippen LogP contribution in [0.25, 0.3) is 11.1 Å². The highest BCUT2D eigenvalue weighted by Crippen LogP contribution is 2.23. The van der Waals surface area contributed by atoms with Crippen molar-refractivity contribution in [2.45, 2.75) is 19.4 Å². The van der Waals surface area contributed by atoms with E-state index in [1.165, 1.54) is 7.11 Å². The summed E-state index contributed by atoms with van der Waals surface area (Å²) in [5.74, 6) is -0.0326. The van der Waals surface area contributed by atoms with E-state index in [1.807, 2.05) is 61.5 Å². The molecule has 0 bridgehead atoms. The fourth-order valence-corrected chi connectivity index (χ4v) is 2.87. The minimum atomic E-state index is -0.627. The van der Waals surface area contributed by atoms with Crippen LogP contribution in [0.2, 0.25) is 0 Å². The molecule has 0 aromatic heterocycles. The normalized spacial score (nSPS) is 11.4. The number of hydrogen-bond donors (Lipinski definition) is 1. The van der Waals surface area contributed by atoms with Gasteiger partial charge in [0.2, 0.25) is 0 Å². The number of hydrogen-bond acceptors (Lipinski definition) is 4. The predicted molar refractivity (Wildman–Crippen MR) is 113 cm³/mol. The molecule has 0 aliphatic carbocycles. The highest BCUT2D eigenvalue weighted by Gasteiger charge is 2.19. The van der Waals surface area contributed by atoms with Crippen molar-refractivity contribution in [3.05, 3.63) is 84.4 Å². The van der Waals surface area contributed by atoms with E-state index in [-0.39, 0.29) is 5.91 Å². The Labute approximate surface area is 170 Å². The van der Waals surface area contributed by atoms with Crippen molar-refractivity contribution in [2.24, 2.45) is 0 Å². The first-order valence-electron chi connectivity index (χ1n) is 9.42. The van der Waals surface area contributed by atoms with Crippen molar-refractivity contribution in [1.29, 1.82) is 0 Å². The zero-order chi connectivity index (χ0) is 20.6. The Balaban J connectivity index is 1.63. The lowest BCUT2D eigenvalue weighted by Crippen LogP contribution is -2.32. The van der Waals surface area contributed by atoms with Gasteiger partial charge >= 0.3 is 5.97 Å². The monoisotopic (exact) mass is 389 g/mol. The molecule has 3 aromatic rings. The fraction of sp³-hybridized carbons (Fsp3) is 0.167. The van der Waals surface area contributed by atoms with Gasteiger partial charge in [0.15, 0.2) is 6.10 Å². The number of carbonyl (C=O) groups excluding carboxylic acids is 2.